The Balaban J connectivity index is 1.94. The van der Waals surface area contributed by atoms with E-state index in [1.165, 1.54) is 37.8 Å². The summed E-state index contributed by atoms with van der Waals surface area (Å²) in [5.74, 6) is 1.78. The summed E-state index contributed by atoms with van der Waals surface area (Å²) in [4.78, 5) is 8.77. The first-order valence-corrected chi connectivity index (χ1v) is 6.31. The number of nitrogens with two attached hydrogens (primary N) is 1. The molecule has 1 aromatic rings. The van der Waals surface area contributed by atoms with Crippen molar-refractivity contribution < 1.29 is 0 Å². The van der Waals surface area contributed by atoms with Crippen LogP contribution in [0.5, 0.6) is 0 Å². The van der Waals surface area contributed by atoms with Crippen molar-refractivity contribution in [1.82, 2.24) is 9.97 Å². The molecule has 1 aliphatic carbocycles. The first-order chi connectivity index (χ1) is 7.78. The predicted molar refractivity (Wildman–Crippen MR) is 64.9 cm³/mol. The van der Waals surface area contributed by atoms with E-state index in [2.05, 4.69) is 16.0 Å². The summed E-state index contributed by atoms with van der Waals surface area (Å²) in [7, 11) is 0. The van der Waals surface area contributed by atoms with E-state index in [-0.39, 0.29) is 0 Å². The molecule has 3 heteroatoms. The third-order valence-corrected chi connectivity index (χ3v) is 3.44. The third-order valence-electron chi connectivity index (χ3n) is 3.44. The zero-order valence-electron chi connectivity index (χ0n) is 10.1. The van der Waals surface area contributed by atoms with E-state index in [0.29, 0.717) is 6.54 Å². The zero-order chi connectivity index (χ0) is 11.4. The standard InChI is InChI=1S/C13H21N3/c1-10-15-12(8-13(9-14)16-10)7-6-11-4-2-3-5-11/h8,11H,2-7,9,14H2,1H3. The summed E-state index contributed by atoms with van der Waals surface area (Å²) in [5, 5.41) is 0. The molecule has 0 aliphatic heterocycles. The van der Waals surface area contributed by atoms with E-state index in [0.717, 1.165) is 23.9 Å². The van der Waals surface area contributed by atoms with Crippen molar-refractivity contribution in [1.29, 1.82) is 0 Å². The molecule has 2 N–H and O–H groups in total. The molecular formula is C13H21N3. The van der Waals surface area contributed by atoms with Crippen molar-refractivity contribution in [3.05, 3.63) is 23.3 Å². The molecule has 1 heterocycles. The Kier molecular flexibility index (Phi) is 3.88. The Labute approximate surface area is 97.5 Å². The predicted octanol–water partition coefficient (Wildman–Crippen LogP) is 2.37. The Hall–Kier alpha value is -0.960. The number of nitrogens with zero attached hydrogens (tertiary/aromatic N) is 2. The fourth-order valence-corrected chi connectivity index (χ4v) is 2.58. The van der Waals surface area contributed by atoms with Gasteiger partial charge in [0.25, 0.3) is 0 Å². The highest BCUT2D eigenvalue weighted by Crippen LogP contribution is 2.28. The number of hydrogen-bond donors (Lipinski definition) is 1. The minimum atomic E-state index is 0.514. The molecule has 0 aromatic carbocycles. The Morgan fingerprint density at radius 3 is 2.62 bits per heavy atom. The van der Waals surface area contributed by atoms with Gasteiger partial charge in [0.1, 0.15) is 5.82 Å². The maximum absolute atomic E-state index is 5.62. The van der Waals surface area contributed by atoms with Gasteiger partial charge in [-0.15, -0.1) is 0 Å². The largest absolute Gasteiger partial charge is 0.325 e. The second-order valence-electron chi connectivity index (χ2n) is 4.79. The lowest BCUT2D eigenvalue weighted by Gasteiger charge is -2.09. The van der Waals surface area contributed by atoms with Gasteiger partial charge < -0.3 is 5.73 Å². The summed E-state index contributed by atoms with van der Waals surface area (Å²) in [6.45, 7) is 2.46. The van der Waals surface area contributed by atoms with Gasteiger partial charge in [0.05, 0.1) is 5.69 Å². The molecule has 0 unspecified atom stereocenters. The molecule has 0 bridgehead atoms. The highest BCUT2D eigenvalue weighted by molar-refractivity contribution is 5.11. The van der Waals surface area contributed by atoms with Crippen LogP contribution in [-0.2, 0) is 13.0 Å². The van der Waals surface area contributed by atoms with Crippen LogP contribution in [0, 0.1) is 12.8 Å². The average molecular weight is 219 g/mol. The van der Waals surface area contributed by atoms with Gasteiger partial charge in [-0.3, -0.25) is 0 Å². The lowest BCUT2D eigenvalue weighted by molar-refractivity contribution is 0.500. The van der Waals surface area contributed by atoms with E-state index in [9.17, 15) is 0 Å². The molecule has 0 radical (unpaired) electrons. The molecule has 0 amide bonds. The maximum atomic E-state index is 5.62. The lowest BCUT2D eigenvalue weighted by Crippen LogP contribution is -2.06. The second-order valence-corrected chi connectivity index (χ2v) is 4.79. The highest BCUT2D eigenvalue weighted by atomic mass is 14.9. The van der Waals surface area contributed by atoms with Crippen molar-refractivity contribution in [2.75, 3.05) is 0 Å². The summed E-state index contributed by atoms with van der Waals surface area (Å²) in [5.41, 5.74) is 7.75. The maximum Gasteiger partial charge on any atom is 0.125 e. The molecule has 1 saturated carbocycles. The van der Waals surface area contributed by atoms with Crippen LogP contribution in [0.15, 0.2) is 6.07 Å². The fraction of sp³-hybridized carbons (Fsp3) is 0.692. The van der Waals surface area contributed by atoms with Gasteiger partial charge in [-0.1, -0.05) is 25.7 Å². The Morgan fingerprint density at radius 1 is 1.25 bits per heavy atom. The smallest absolute Gasteiger partial charge is 0.125 e. The third kappa shape index (κ3) is 3.01. The summed E-state index contributed by atoms with van der Waals surface area (Å²) in [6, 6.07) is 2.06. The Morgan fingerprint density at radius 2 is 1.94 bits per heavy atom. The second kappa shape index (κ2) is 5.39. The zero-order valence-corrected chi connectivity index (χ0v) is 10.1. The lowest BCUT2D eigenvalue weighted by atomic mass is 10.0. The van der Waals surface area contributed by atoms with Crippen LogP contribution < -0.4 is 5.73 Å². The highest BCUT2D eigenvalue weighted by Gasteiger charge is 2.15. The quantitative estimate of drug-likeness (QED) is 0.845. The summed E-state index contributed by atoms with van der Waals surface area (Å²) < 4.78 is 0. The molecule has 0 atom stereocenters. The number of hydrogen-bond acceptors (Lipinski definition) is 3. The van der Waals surface area contributed by atoms with Crippen LogP contribution in [-0.4, -0.2) is 9.97 Å². The normalized spacial score (nSPS) is 16.9. The minimum absolute atomic E-state index is 0.514. The van der Waals surface area contributed by atoms with E-state index in [4.69, 9.17) is 5.73 Å². The van der Waals surface area contributed by atoms with Gasteiger partial charge in [-0.2, -0.15) is 0 Å². The van der Waals surface area contributed by atoms with Crippen molar-refractivity contribution in [3.8, 4) is 0 Å². The molecule has 16 heavy (non-hydrogen) atoms. The van der Waals surface area contributed by atoms with E-state index in [1.54, 1.807) is 0 Å². The number of aryl methyl sites for hydroxylation is 2. The van der Waals surface area contributed by atoms with Gasteiger partial charge in [0.15, 0.2) is 0 Å². The molecule has 0 spiro atoms. The van der Waals surface area contributed by atoms with Crippen LogP contribution in [0.1, 0.15) is 49.3 Å². The van der Waals surface area contributed by atoms with Crippen LogP contribution in [0.2, 0.25) is 0 Å². The minimum Gasteiger partial charge on any atom is -0.325 e. The fourth-order valence-electron chi connectivity index (χ4n) is 2.58. The van der Waals surface area contributed by atoms with Gasteiger partial charge in [-0.25, -0.2) is 9.97 Å². The monoisotopic (exact) mass is 219 g/mol. The molecule has 1 aromatic heterocycles. The first-order valence-electron chi connectivity index (χ1n) is 6.31. The van der Waals surface area contributed by atoms with Crippen molar-refractivity contribution in [2.24, 2.45) is 11.7 Å². The topological polar surface area (TPSA) is 51.8 Å². The van der Waals surface area contributed by atoms with Crippen LogP contribution in [0.3, 0.4) is 0 Å². The molecule has 0 saturated heterocycles. The number of rotatable bonds is 4. The van der Waals surface area contributed by atoms with Gasteiger partial charge in [0, 0.05) is 12.2 Å². The Bertz CT molecular complexity index is 343. The first kappa shape index (κ1) is 11.5. The van der Waals surface area contributed by atoms with Crippen LogP contribution in [0.25, 0.3) is 0 Å². The molecule has 2 rings (SSSR count). The van der Waals surface area contributed by atoms with E-state index >= 15 is 0 Å². The van der Waals surface area contributed by atoms with E-state index in [1.807, 2.05) is 6.92 Å². The average Bonchev–Trinajstić information content (AvgIpc) is 2.78. The SMILES string of the molecule is Cc1nc(CN)cc(CCC2CCCC2)n1. The molecule has 88 valence electrons. The van der Waals surface area contributed by atoms with Gasteiger partial charge >= 0.3 is 0 Å². The van der Waals surface area contributed by atoms with Crippen LogP contribution >= 0.6 is 0 Å². The van der Waals surface area contributed by atoms with Gasteiger partial charge in [0.2, 0.25) is 0 Å². The van der Waals surface area contributed by atoms with Crippen molar-refractivity contribution in [3.63, 3.8) is 0 Å². The molecule has 1 fully saturated rings. The number of aromatic nitrogens is 2. The van der Waals surface area contributed by atoms with Crippen molar-refractivity contribution >= 4 is 0 Å². The van der Waals surface area contributed by atoms with Gasteiger partial charge in [-0.05, 0) is 31.7 Å². The molecular weight excluding hydrogens is 198 g/mol. The summed E-state index contributed by atoms with van der Waals surface area (Å²) >= 11 is 0. The molecule has 3 nitrogen and oxygen atoms in total. The van der Waals surface area contributed by atoms with Crippen LogP contribution in [0.4, 0.5) is 0 Å². The summed E-state index contributed by atoms with van der Waals surface area (Å²) in [6.07, 6.45) is 8.02. The van der Waals surface area contributed by atoms with E-state index < -0.39 is 0 Å². The van der Waals surface area contributed by atoms with Crippen molar-refractivity contribution in [2.45, 2.75) is 52.0 Å². The molecule has 1 aliphatic rings.